The maximum absolute atomic E-state index is 12.9. The van der Waals surface area contributed by atoms with Gasteiger partial charge in [-0.15, -0.1) is 0 Å². The molecular weight excluding hydrogens is 314 g/mol. The van der Waals surface area contributed by atoms with Crippen molar-refractivity contribution in [3.63, 3.8) is 0 Å². The Morgan fingerprint density at radius 2 is 1.81 bits per heavy atom. The molecule has 0 radical (unpaired) electrons. The Morgan fingerprint density at radius 3 is 2.38 bits per heavy atom. The first-order valence-corrected chi connectivity index (χ1v) is 6.03. The second-order valence-corrected chi connectivity index (χ2v) is 4.25. The SMILES string of the molecule is FC(F)COc1ncc(-c2ccc(Cl)cn2)nc1C(F)F. The third-order valence-corrected chi connectivity index (χ3v) is 2.53. The minimum atomic E-state index is -3.02. The van der Waals surface area contributed by atoms with Gasteiger partial charge in [-0.1, -0.05) is 11.6 Å². The molecule has 0 N–H and O–H groups in total. The number of pyridine rings is 1. The molecule has 0 saturated carbocycles. The van der Waals surface area contributed by atoms with E-state index in [9.17, 15) is 17.6 Å². The zero-order valence-electron chi connectivity index (χ0n) is 10.3. The van der Waals surface area contributed by atoms with Crippen LogP contribution in [0.4, 0.5) is 17.6 Å². The molecule has 0 unspecified atom stereocenters. The Hall–Kier alpha value is -1.96. The maximum Gasteiger partial charge on any atom is 0.285 e. The van der Waals surface area contributed by atoms with E-state index in [2.05, 4.69) is 19.7 Å². The van der Waals surface area contributed by atoms with Gasteiger partial charge in [-0.3, -0.25) is 4.98 Å². The van der Waals surface area contributed by atoms with Crippen LogP contribution in [0, 0.1) is 0 Å². The average Bonchev–Trinajstić information content (AvgIpc) is 2.45. The van der Waals surface area contributed by atoms with Gasteiger partial charge in [-0.25, -0.2) is 27.5 Å². The van der Waals surface area contributed by atoms with Crippen LogP contribution >= 0.6 is 11.6 Å². The molecule has 2 heterocycles. The molecule has 9 heteroatoms. The first-order chi connectivity index (χ1) is 9.97. The van der Waals surface area contributed by atoms with Gasteiger partial charge in [0.2, 0.25) is 5.88 Å². The molecule has 112 valence electrons. The van der Waals surface area contributed by atoms with Crippen LogP contribution in [0.2, 0.25) is 5.02 Å². The molecule has 0 bridgehead atoms. The van der Waals surface area contributed by atoms with Gasteiger partial charge in [0.25, 0.3) is 12.9 Å². The lowest BCUT2D eigenvalue weighted by molar-refractivity contribution is 0.0736. The topological polar surface area (TPSA) is 47.9 Å². The summed E-state index contributed by atoms with van der Waals surface area (Å²) in [6.07, 6.45) is -3.38. The summed E-state index contributed by atoms with van der Waals surface area (Å²) in [4.78, 5) is 11.2. The van der Waals surface area contributed by atoms with Crippen LogP contribution in [-0.2, 0) is 0 Å². The number of hydrogen-bond acceptors (Lipinski definition) is 4. The van der Waals surface area contributed by atoms with Crippen molar-refractivity contribution in [1.82, 2.24) is 15.0 Å². The smallest absolute Gasteiger partial charge is 0.285 e. The van der Waals surface area contributed by atoms with E-state index in [1.165, 1.54) is 18.3 Å². The van der Waals surface area contributed by atoms with Gasteiger partial charge in [0.1, 0.15) is 5.69 Å². The molecule has 21 heavy (non-hydrogen) atoms. The number of nitrogens with zero attached hydrogens (tertiary/aromatic N) is 3. The van der Waals surface area contributed by atoms with Crippen LogP contribution in [0.1, 0.15) is 12.1 Å². The van der Waals surface area contributed by atoms with Crippen molar-refractivity contribution in [3.05, 3.63) is 35.2 Å². The zero-order chi connectivity index (χ0) is 15.4. The van der Waals surface area contributed by atoms with E-state index < -0.39 is 31.0 Å². The van der Waals surface area contributed by atoms with Crippen LogP contribution in [0.15, 0.2) is 24.5 Å². The second-order valence-electron chi connectivity index (χ2n) is 3.81. The molecular formula is C12H8ClF4N3O. The number of rotatable bonds is 5. The first-order valence-electron chi connectivity index (χ1n) is 5.65. The predicted molar refractivity (Wildman–Crippen MR) is 66.7 cm³/mol. The van der Waals surface area contributed by atoms with Crippen LogP contribution in [-0.4, -0.2) is 28.0 Å². The van der Waals surface area contributed by atoms with Gasteiger partial charge >= 0.3 is 0 Å². The van der Waals surface area contributed by atoms with E-state index >= 15 is 0 Å². The second kappa shape index (κ2) is 6.66. The lowest BCUT2D eigenvalue weighted by Gasteiger charge is -2.10. The van der Waals surface area contributed by atoms with E-state index in [4.69, 9.17) is 11.6 Å². The average molecular weight is 322 g/mol. The first kappa shape index (κ1) is 15.4. The third-order valence-electron chi connectivity index (χ3n) is 2.31. The molecule has 2 aromatic rings. The van der Waals surface area contributed by atoms with Crippen molar-refractivity contribution in [2.75, 3.05) is 6.61 Å². The summed E-state index contributed by atoms with van der Waals surface area (Å²) >= 11 is 5.67. The Morgan fingerprint density at radius 1 is 1.05 bits per heavy atom. The normalized spacial score (nSPS) is 11.2. The molecule has 2 aromatic heterocycles. The minimum absolute atomic E-state index is 0.0614. The fraction of sp³-hybridized carbons (Fsp3) is 0.250. The maximum atomic E-state index is 12.9. The molecule has 2 rings (SSSR count). The van der Waals surface area contributed by atoms with Gasteiger partial charge in [-0.2, -0.15) is 0 Å². The number of halogens is 5. The molecule has 0 aliphatic heterocycles. The van der Waals surface area contributed by atoms with E-state index in [1.807, 2.05) is 0 Å². The standard InChI is InChI=1S/C12H8ClF4N3O/c13-6-1-2-7(18-3-6)8-4-19-12(21-5-9(14)15)10(20-8)11(16)17/h1-4,9,11H,5H2. The summed E-state index contributed by atoms with van der Waals surface area (Å²) in [7, 11) is 0. The highest BCUT2D eigenvalue weighted by molar-refractivity contribution is 6.30. The fourth-order valence-corrected chi connectivity index (χ4v) is 1.55. The Balaban J connectivity index is 2.33. The highest BCUT2D eigenvalue weighted by Crippen LogP contribution is 2.28. The van der Waals surface area contributed by atoms with E-state index in [0.717, 1.165) is 6.20 Å². The number of hydrogen-bond donors (Lipinski definition) is 0. The van der Waals surface area contributed by atoms with Gasteiger partial charge in [0.15, 0.2) is 12.3 Å². The van der Waals surface area contributed by atoms with Crippen LogP contribution < -0.4 is 4.74 Å². The van der Waals surface area contributed by atoms with Crippen molar-refractivity contribution in [3.8, 4) is 17.3 Å². The summed E-state index contributed by atoms with van der Waals surface area (Å²) in [5, 5.41) is 0.373. The van der Waals surface area contributed by atoms with Crippen molar-refractivity contribution in [2.24, 2.45) is 0 Å². The molecule has 0 saturated heterocycles. The highest BCUT2D eigenvalue weighted by Gasteiger charge is 2.20. The molecule has 0 aromatic carbocycles. The molecule has 0 atom stereocenters. The zero-order valence-corrected chi connectivity index (χ0v) is 11.1. The monoisotopic (exact) mass is 321 g/mol. The van der Waals surface area contributed by atoms with Crippen molar-refractivity contribution in [2.45, 2.75) is 12.9 Å². The highest BCUT2D eigenvalue weighted by atomic mass is 35.5. The Labute approximate surface area is 121 Å². The van der Waals surface area contributed by atoms with Gasteiger partial charge in [-0.05, 0) is 12.1 Å². The minimum Gasteiger partial charge on any atom is -0.470 e. The lowest BCUT2D eigenvalue weighted by atomic mass is 10.2. The summed E-state index contributed by atoms with van der Waals surface area (Å²) < 4.78 is 54.4. The largest absolute Gasteiger partial charge is 0.470 e. The summed E-state index contributed by atoms with van der Waals surface area (Å²) in [6, 6.07) is 2.98. The molecule has 0 spiro atoms. The van der Waals surface area contributed by atoms with Crippen LogP contribution in [0.5, 0.6) is 5.88 Å². The number of ether oxygens (including phenoxy) is 1. The summed E-state index contributed by atoms with van der Waals surface area (Å²) in [5.74, 6) is -0.622. The summed E-state index contributed by atoms with van der Waals surface area (Å²) in [6.45, 7) is -1.03. The molecule has 0 aliphatic carbocycles. The van der Waals surface area contributed by atoms with Crippen molar-refractivity contribution >= 4 is 11.6 Å². The molecule has 0 aliphatic rings. The van der Waals surface area contributed by atoms with Crippen LogP contribution in [0.3, 0.4) is 0 Å². The van der Waals surface area contributed by atoms with Crippen LogP contribution in [0.25, 0.3) is 11.4 Å². The molecule has 0 amide bonds. The lowest BCUT2D eigenvalue weighted by Crippen LogP contribution is -2.11. The fourth-order valence-electron chi connectivity index (χ4n) is 1.44. The van der Waals surface area contributed by atoms with E-state index in [0.29, 0.717) is 5.02 Å². The Kier molecular flexibility index (Phi) is 4.89. The predicted octanol–water partition coefficient (Wildman–Crippen LogP) is 3.77. The third kappa shape index (κ3) is 4.01. The number of aromatic nitrogens is 3. The van der Waals surface area contributed by atoms with E-state index in [-0.39, 0.29) is 11.4 Å². The van der Waals surface area contributed by atoms with Gasteiger partial charge in [0, 0.05) is 6.20 Å². The van der Waals surface area contributed by atoms with Crippen molar-refractivity contribution < 1.29 is 22.3 Å². The van der Waals surface area contributed by atoms with Gasteiger partial charge in [0.05, 0.1) is 16.9 Å². The van der Waals surface area contributed by atoms with Crippen molar-refractivity contribution in [1.29, 1.82) is 0 Å². The summed E-state index contributed by atoms with van der Waals surface area (Å²) in [5.41, 5.74) is -0.481. The molecule has 0 fully saturated rings. The Bertz CT molecular complexity index is 610. The van der Waals surface area contributed by atoms with Gasteiger partial charge < -0.3 is 4.74 Å². The molecule has 4 nitrogen and oxygen atoms in total. The number of alkyl halides is 4. The van der Waals surface area contributed by atoms with E-state index in [1.54, 1.807) is 0 Å². The quantitative estimate of drug-likeness (QED) is 0.786.